The summed E-state index contributed by atoms with van der Waals surface area (Å²) in [5.74, 6) is 6.42. The maximum Gasteiger partial charge on any atom is 0.0279 e. The Morgan fingerprint density at radius 3 is 2.31 bits per heavy atom. The van der Waals surface area contributed by atoms with E-state index in [-0.39, 0.29) is 0 Å². The van der Waals surface area contributed by atoms with E-state index < -0.39 is 0 Å². The van der Waals surface area contributed by atoms with E-state index in [2.05, 4.69) is 36.6 Å². The first kappa shape index (κ1) is 11.6. The Labute approximate surface area is 98.2 Å². The van der Waals surface area contributed by atoms with Gasteiger partial charge in [-0.15, -0.1) is 0 Å². The molecule has 1 fully saturated rings. The fraction of sp³-hybridized carbons (Fsp3) is 0.571. The number of hydrogen-bond donors (Lipinski definition) is 2. The topological polar surface area (TPSA) is 38.0 Å². The molecule has 2 rings (SSSR count). The lowest BCUT2D eigenvalue weighted by Gasteiger charge is -2.33. The molecule has 1 atom stereocenters. The van der Waals surface area contributed by atoms with Crippen molar-refractivity contribution in [2.24, 2.45) is 11.8 Å². The summed E-state index contributed by atoms with van der Waals surface area (Å²) in [7, 11) is 0. The Morgan fingerprint density at radius 2 is 1.88 bits per heavy atom. The molecule has 1 aromatic rings. The van der Waals surface area contributed by atoms with Gasteiger partial charge in [-0.25, -0.2) is 0 Å². The zero-order valence-electron chi connectivity index (χ0n) is 10.1. The fourth-order valence-electron chi connectivity index (χ4n) is 2.37. The van der Waals surface area contributed by atoms with Gasteiger partial charge in [-0.1, -0.05) is 37.6 Å². The third kappa shape index (κ3) is 2.63. The summed E-state index contributed by atoms with van der Waals surface area (Å²) in [6.07, 6.45) is 6.22. The van der Waals surface area contributed by atoms with Gasteiger partial charge in [-0.3, -0.25) is 11.3 Å². The van der Waals surface area contributed by atoms with Crippen LogP contribution in [-0.2, 0) is 12.8 Å². The van der Waals surface area contributed by atoms with Crippen molar-refractivity contribution >= 4 is 0 Å². The molecule has 16 heavy (non-hydrogen) atoms. The molecular formula is C14H22N2. The molecule has 1 aromatic carbocycles. The minimum absolute atomic E-state index is 0.459. The first-order chi connectivity index (χ1) is 7.83. The molecule has 0 amide bonds. The van der Waals surface area contributed by atoms with E-state index >= 15 is 0 Å². The molecule has 0 aromatic heterocycles. The second kappa shape index (κ2) is 5.46. The second-order valence-electron chi connectivity index (χ2n) is 4.84. The first-order valence-electron chi connectivity index (χ1n) is 6.37. The zero-order chi connectivity index (χ0) is 11.4. The molecular weight excluding hydrogens is 196 g/mol. The highest BCUT2D eigenvalue weighted by Crippen LogP contribution is 2.30. The van der Waals surface area contributed by atoms with Crippen LogP contribution >= 0.6 is 0 Å². The summed E-state index contributed by atoms with van der Waals surface area (Å²) in [4.78, 5) is 0. The minimum Gasteiger partial charge on any atom is -0.271 e. The van der Waals surface area contributed by atoms with Crippen molar-refractivity contribution in [2.75, 3.05) is 0 Å². The molecule has 3 N–H and O–H groups in total. The lowest BCUT2D eigenvalue weighted by molar-refractivity contribution is 0.228. The van der Waals surface area contributed by atoms with Crippen LogP contribution in [0.3, 0.4) is 0 Å². The molecule has 0 saturated heterocycles. The average molecular weight is 218 g/mol. The average Bonchev–Trinajstić information content (AvgIpc) is 2.26. The van der Waals surface area contributed by atoms with E-state index in [1.807, 2.05) is 0 Å². The summed E-state index contributed by atoms with van der Waals surface area (Å²) in [5.41, 5.74) is 5.78. The van der Waals surface area contributed by atoms with Crippen LogP contribution in [0.15, 0.2) is 24.3 Å². The van der Waals surface area contributed by atoms with Gasteiger partial charge in [0.25, 0.3) is 0 Å². The highest BCUT2D eigenvalue weighted by molar-refractivity contribution is 5.23. The molecule has 0 radical (unpaired) electrons. The van der Waals surface area contributed by atoms with Gasteiger partial charge in [-0.05, 0) is 42.7 Å². The van der Waals surface area contributed by atoms with Gasteiger partial charge in [0.2, 0.25) is 0 Å². The smallest absolute Gasteiger partial charge is 0.0279 e. The lowest BCUT2D eigenvalue weighted by Crippen LogP contribution is -2.44. The van der Waals surface area contributed by atoms with Crippen molar-refractivity contribution in [3.05, 3.63) is 35.4 Å². The van der Waals surface area contributed by atoms with Crippen molar-refractivity contribution in [3.8, 4) is 0 Å². The summed E-state index contributed by atoms with van der Waals surface area (Å²) in [6, 6.07) is 9.39. The van der Waals surface area contributed by atoms with Crippen LogP contribution in [0.2, 0.25) is 0 Å². The van der Waals surface area contributed by atoms with E-state index in [9.17, 15) is 0 Å². The molecule has 2 nitrogen and oxygen atoms in total. The minimum atomic E-state index is 0.459. The number of rotatable bonds is 5. The summed E-state index contributed by atoms with van der Waals surface area (Å²) in [6.45, 7) is 2.19. The highest BCUT2D eigenvalue weighted by atomic mass is 15.2. The fourth-order valence-corrected chi connectivity index (χ4v) is 2.37. The van der Waals surface area contributed by atoms with Gasteiger partial charge in [-0.2, -0.15) is 0 Å². The van der Waals surface area contributed by atoms with Crippen molar-refractivity contribution in [3.63, 3.8) is 0 Å². The van der Waals surface area contributed by atoms with E-state index in [0.717, 1.165) is 18.8 Å². The Balaban J connectivity index is 1.95. The number of hydrazine groups is 1. The Bertz CT molecular complexity index is 314. The van der Waals surface area contributed by atoms with Crippen molar-refractivity contribution in [2.45, 2.75) is 45.1 Å². The predicted molar refractivity (Wildman–Crippen MR) is 68.0 cm³/mol. The van der Waals surface area contributed by atoms with Crippen LogP contribution in [0, 0.1) is 5.92 Å². The van der Waals surface area contributed by atoms with E-state index in [0.29, 0.717) is 6.04 Å². The number of nitrogens with two attached hydrogens (primary N) is 1. The first-order valence-corrected chi connectivity index (χ1v) is 6.37. The molecule has 1 aliphatic carbocycles. The van der Waals surface area contributed by atoms with Gasteiger partial charge < -0.3 is 0 Å². The van der Waals surface area contributed by atoms with Crippen LogP contribution in [0.25, 0.3) is 0 Å². The van der Waals surface area contributed by atoms with Crippen LogP contribution in [0.1, 0.15) is 37.3 Å². The Kier molecular flexibility index (Phi) is 3.97. The Morgan fingerprint density at radius 1 is 1.25 bits per heavy atom. The predicted octanol–water partition coefficient (Wildman–Crippen LogP) is 2.42. The number of nitrogens with one attached hydrogen (secondary N) is 1. The zero-order valence-corrected chi connectivity index (χ0v) is 10.1. The van der Waals surface area contributed by atoms with Crippen LogP contribution in [0.5, 0.6) is 0 Å². The van der Waals surface area contributed by atoms with Crippen molar-refractivity contribution in [1.82, 2.24) is 5.43 Å². The van der Waals surface area contributed by atoms with Crippen LogP contribution in [0.4, 0.5) is 0 Å². The summed E-state index contributed by atoms with van der Waals surface area (Å²) in [5, 5.41) is 0. The monoisotopic (exact) mass is 218 g/mol. The number of hydrogen-bond acceptors (Lipinski definition) is 2. The van der Waals surface area contributed by atoms with E-state index in [1.165, 1.54) is 30.4 Å². The number of aryl methyl sites for hydroxylation is 1. The number of benzene rings is 1. The maximum atomic E-state index is 5.64. The SMILES string of the molecule is CCc1ccc(CC(NN)C2CCC2)cc1. The molecule has 1 saturated carbocycles. The van der Waals surface area contributed by atoms with Crippen molar-refractivity contribution in [1.29, 1.82) is 0 Å². The van der Waals surface area contributed by atoms with Crippen molar-refractivity contribution < 1.29 is 0 Å². The molecule has 1 unspecified atom stereocenters. The van der Waals surface area contributed by atoms with Gasteiger partial charge in [0.15, 0.2) is 0 Å². The van der Waals surface area contributed by atoms with E-state index in [4.69, 9.17) is 5.84 Å². The van der Waals surface area contributed by atoms with Crippen LogP contribution in [-0.4, -0.2) is 6.04 Å². The Hall–Kier alpha value is -0.860. The highest BCUT2D eigenvalue weighted by Gasteiger charge is 2.26. The van der Waals surface area contributed by atoms with Gasteiger partial charge >= 0.3 is 0 Å². The van der Waals surface area contributed by atoms with Gasteiger partial charge in [0.1, 0.15) is 0 Å². The molecule has 0 spiro atoms. The standard InChI is InChI=1S/C14H22N2/c1-2-11-6-8-12(9-7-11)10-14(16-15)13-4-3-5-13/h6-9,13-14,16H,2-5,10,15H2,1H3. The maximum absolute atomic E-state index is 5.64. The van der Waals surface area contributed by atoms with E-state index in [1.54, 1.807) is 0 Å². The normalized spacial score (nSPS) is 18.1. The molecule has 2 heteroatoms. The van der Waals surface area contributed by atoms with Crippen LogP contribution < -0.4 is 11.3 Å². The summed E-state index contributed by atoms with van der Waals surface area (Å²) < 4.78 is 0. The largest absolute Gasteiger partial charge is 0.271 e. The molecule has 0 heterocycles. The third-order valence-electron chi connectivity index (χ3n) is 3.82. The van der Waals surface area contributed by atoms with Gasteiger partial charge in [0.05, 0.1) is 0 Å². The third-order valence-corrected chi connectivity index (χ3v) is 3.82. The summed E-state index contributed by atoms with van der Waals surface area (Å²) >= 11 is 0. The molecule has 0 bridgehead atoms. The molecule has 88 valence electrons. The molecule has 1 aliphatic rings. The second-order valence-corrected chi connectivity index (χ2v) is 4.84. The van der Waals surface area contributed by atoms with Gasteiger partial charge in [0, 0.05) is 6.04 Å². The lowest BCUT2D eigenvalue weighted by atomic mass is 9.78. The quantitative estimate of drug-likeness (QED) is 0.588. The molecule has 0 aliphatic heterocycles.